The van der Waals surface area contributed by atoms with E-state index in [1.54, 1.807) is 0 Å². The summed E-state index contributed by atoms with van der Waals surface area (Å²) in [4.78, 5) is 2.58. The van der Waals surface area contributed by atoms with Crippen LogP contribution in [-0.2, 0) is 13.6 Å². The average Bonchev–Trinajstić information content (AvgIpc) is 3.10. The fraction of sp³-hybridized carbons (Fsp3) is 0.786. The molecule has 1 saturated carbocycles. The summed E-state index contributed by atoms with van der Waals surface area (Å²) in [7, 11) is 1.99. The van der Waals surface area contributed by atoms with Crippen molar-refractivity contribution in [2.24, 2.45) is 13.0 Å². The quantitative estimate of drug-likeness (QED) is 0.877. The lowest BCUT2D eigenvalue weighted by Crippen LogP contribution is -2.62. The van der Waals surface area contributed by atoms with Gasteiger partial charge in [-0.25, -0.2) is 0 Å². The molecule has 1 aliphatic carbocycles. The monoisotopic (exact) mass is 248 g/mol. The molecule has 0 radical (unpaired) electrons. The molecule has 1 aromatic rings. The van der Waals surface area contributed by atoms with Crippen molar-refractivity contribution in [1.29, 1.82) is 0 Å². The third-order valence-electron chi connectivity index (χ3n) is 4.57. The van der Waals surface area contributed by atoms with Gasteiger partial charge in [-0.3, -0.25) is 9.58 Å². The first kappa shape index (κ1) is 12.2. The number of hydrogen-bond donors (Lipinski definition) is 1. The number of hydrogen-bond acceptors (Lipinski definition) is 3. The summed E-state index contributed by atoms with van der Waals surface area (Å²) in [5.74, 6) is 0.885. The molecule has 2 fully saturated rings. The first-order valence-electron chi connectivity index (χ1n) is 7.04. The van der Waals surface area contributed by atoms with Crippen LogP contribution in [-0.4, -0.2) is 39.4 Å². The van der Waals surface area contributed by atoms with Gasteiger partial charge in [0.2, 0.25) is 0 Å². The lowest BCUT2D eigenvalue weighted by molar-refractivity contribution is 0.0758. The van der Waals surface area contributed by atoms with E-state index in [0.29, 0.717) is 11.6 Å². The lowest BCUT2D eigenvalue weighted by atomic mass is 9.91. The highest BCUT2D eigenvalue weighted by Crippen LogP contribution is 2.41. The number of aromatic nitrogens is 2. The Bertz CT molecular complexity index is 423. The van der Waals surface area contributed by atoms with Crippen molar-refractivity contribution in [3.63, 3.8) is 0 Å². The van der Waals surface area contributed by atoms with E-state index in [1.165, 1.54) is 18.5 Å². The van der Waals surface area contributed by atoms with E-state index >= 15 is 0 Å². The molecule has 2 aliphatic rings. The predicted molar refractivity (Wildman–Crippen MR) is 72.2 cm³/mol. The summed E-state index contributed by atoms with van der Waals surface area (Å²) in [6, 6.07) is 2.72. The zero-order chi connectivity index (χ0) is 12.8. The van der Waals surface area contributed by atoms with Gasteiger partial charge in [0.05, 0.1) is 5.69 Å². The smallest absolute Gasteiger partial charge is 0.0764 e. The van der Waals surface area contributed by atoms with Crippen LogP contribution in [0.1, 0.15) is 32.4 Å². The van der Waals surface area contributed by atoms with Gasteiger partial charge >= 0.3 is 0 Å². The van der Waals surface area contributed by atoms with Crippen LogP contribution in [0.3, 0.4) is 0 Å². The third kappa shape index (κ3) is 2.31. The van der Waals surface area contributed by atoms with E-state index in [0.717, 1.165) is 25.6 Å². The van der Waals surface area contributed by atoms with Crippen molar-refractivity contribution in [3.05, 3.63) is 18.0 Å². The Morgan fingerprint density at radius 1 is 1.50 bits per heavy atom. The molecule has 1 aromatic heterocycles. The molecular formula is C14H24N4. The Morgan fingerprint density at radius 3 is 2.89 bits per heavy atom. The zero-order valence-corrected chi connectivity index (χ0v) is 11.7. The van der Waals surface area contributed by atoms with Crippen molar-refractivity contribution in [3.8, 4) is 0 Å². The maximum absolute atomic E-state index is 4.50. The van der Waals surface area contributed by atoms with Crippen LogP contribution < -0.4 is 5.32 Å². The predicted octanol–water partition coefficient (Wildman–Crippen LogP) is 1.38. The SMILES string of the molecule is CC1CNC(C)(C2CC2)CN1Cc1ccn(C)n1. The van der Waals surface area contributed by atoms with E-state index < -0.39 is 0 Å². The maximum atomic E-state index is 4.50. The van der Waals surface area contributed by atoms with Gasteiger partial charge in [-0.05, 0) is 38.7 Å². The molecule has 1 saturated heterocycles. The Hall–Kier alpha value is -0.870. The summed E-state index contributed by atoms with van der Waals surface area (Å²) >= 11 is 0. The van der Waals surface area contributed by atoms with Crippen LogP contribution in [0.25, 0.3) is 0 Å². The average molecular weight is 248 g/mol. The van der Waals surface area contributed by atoms with Crippen molar-refractivity contribution in [2.45, 2.75) is 44.8 Å². The second-order valence-corrected chi connectivity index (χ2v) is 6.31. The first-order chi connectivity index (χ1) is 8.57. The second-order valence-electron chi connectivity index (χ2n) is 6.31. The summed E-state index contributed by atoms with van der Waals surface area (Å²) in [5, 5.41) is 8.26. The normalized spacial score (nSPS) is 33.8. The molecule has 4 nitrogen and oxygen atoms in total. The third-order valence-corrected chi connectivity index (χ3v) is 4.57. The van der Waals surface area contributed by atoms with Crippen LogP contribution in [0.5, 0.6) is 0 Å². The van der Waals surface area contributed by atoms with Crippen LogP contribution >= 0.6 is 0 Å². The number of rotatable bonds is 3. The summed E-state index contributed by atoms with van der Waals surface area (Å²) in [5.41, 5.74) is 1.51. The molecule has 0 amide bonds. The Morgan fingerprint density at radius 2 is 2.28 bits per heavy atom. The second kappa shape index (κ2) is 4.35. The topological polar surface area (TPSA) is 33.1 Å². The van der Waals surface area contributed by atoms with E-state index in [2.05, 4.69) is 35.2 Å². The Labute approximate surface area is 109 Å². The number of nitrogens with one attached hydrogen (secondary N) is 1. The van der Waals surface area contributed by atoms with Gasteiger partial charge in [0.25, 0.3) is 0 Å². The lowest BCUT2D eigenvalue weighted by Gasteiger charge is -2.45. The fourth-order valence-electron chi connectivity index (χ4n) is 3.10. The first-order valence-corrected chi connectivity index (χ1v) is 7.04. The van der Waals surface area contributed by atoms with E-state index in [4.69, 9.17) is 0 Å². The fourth-order valence-corrected chi connectivity index (χ4v) is 3.10. The highest BCUT2D eigenvalue weighted by molar-refractivity contribution is 5.06. The highest BCUT2D eigenvalue weighted by atomic mass is 15.3. The van der Waals surface area contributed by atoms with Crippen LogP contribution in [0.4, 0.5) is 0 Å². The van der Waals surface area contributed by atoms with Crippen molar-refractivity contribution >= 4 is 0 Å². The van der Waals surface area contributed by atoms with Gasteiger partial charge in [0.1, 0.15) is 0 Å². The molecule has 0 aromatic carbocycles. The minimum atomic E-state index is 0.321. The van der Waals surface area contributed by atoms with Crippen molar-refractivity contribution in [1.82, 2.24) is 20.0 Å². The zero-order valence-electron chi connectivity index (χ0n) is 11.7. The van der Waals surface area contributed by atoms with Crippen molar-refractivity contribution < 1.29 is 0 Å². The van der Waals surface area contributed by atoms with Crippen molar-refractivity contribution in [2.75, 3.05) is 13.1 Å². The molecule has 18 heavy (non-hydrogen) atoms. The summed E-state index contributed by atoms with van der Waals surface area (Å²) < 4.78 is 1.89. The van der Waals surface area contributed by atoms with Crippen LogP contribution in [0.2, 0.25) is 0 Å². The van der Waals surface area contributed by atoms with Crippen LogP contribution in [0, 0.1) is 5.92 Å². The molecule has 2 unspecified atom stereocenters. The standard InChI is InChI=1S/C14H24N4/c1-11-8-15-14(2,12-4-5-12)10-18(11)9-13-6-7-17(3)16-13/h6-7,11-12,15H,4-5,8-10H2,1-3H3. The largest absolute Gasteiger partial charge is 0.308 e. The summed E-state index contributed by atoms with van der Waals surface area (Å²) in [6.45, 7) is 7.92. The van der Waals surface area contributed by atoms with Gasteiger partial charge in [-0.2, -0.15) is 5.10 Å². The molecular weight excluding hydrogens is 224 g/mol. The molecule has 1 aliphatic heterocycles. The molecule has 100 valence electrons. The minimum absolute atomic E-state index is 0.321. The summed E-state index contributed by atoms with van der Waals surface area (Å²) in [6.07, 6.45) is 4.83. The van der Waals surface area contributed by atoms with E-state index in [9.17, 15) is 0 Å². The van der Waals surface area contributed by atoms with Gasteiger partial charge in [0, 0.05) is 44.5 Å². The molecule has 4 heteroatoms. The van der Waals surface area contributed by atoms with Crippen LogP contribution in [0.15, 0.2) is 12.3 Å². The molecule has 3 rings (SSSR count). The minimum Gasteiger partial charge on any atom is -0.308 e. The van der Waals surface area contributed by atoms with Gasteiger partial charge < -0.3 is 5.32 Å². The van der Waals surface area contributed by atoms with E-state index in [1.807, 2.05) is 17.9 Å². The molecule has 2 atom stereocenters. The van der Waals surface area contributed by atoms with Gasteiger partial charge in [-0.15, -0.1) is 0 Å². The maximum Gasteiger partial charge on any atom is 0.0764 e. The molecule has 1 N–H and O–H groups in total. The molecule has 0 bridgehead atoms. The number of piperazine rings is 1. The molecule has 2 heterocycles. The Kier molecular flexibility index (Phi) is 2.94. The number of nitrogens with zero attached hydrogens (tertiary/aromatic N) is 3. The Balaban J connectivity index is 1.69. The molecule has 0 spiro atoms. The van der Waals surface area contributed by atoms with Gasteiger partial charge in [0.15, 0.2) is 0 Å². The highest BCUT2D eigenvalue weighted by Gasteiger charge is 2.45. The number of aryl methyl sites for hydroxylation is 1. The van der Waals surface area contributed by atoms with E-state index in [-0.39, 0.29) is 0 Å². The van der Waals surface area contributed by atoms with Gasteiger partial charge in [-0.1, -0.05) is 0 Å².